The van der Waals surface area contributed by atoms with Gasteiger partial charge in [0.1, 0.15) is 0 Å². The molecule has 0 fully saturated rings. The lowest BCUT2D eigenvalue weighted by Gasteiger charge is -2.11. The van der Waals surface area contributed by atoms with E-state index in [1.807, 2.05) is 0 Å². The van der Waals surface area contributed by atoms with Crippen LogP contribution in [0.1, 0.15) is 26.3 Å². The average molecular weight is 291 g/mol. The van der Waals surface area contributed by atoms with E-state index in [4.69, 9.17) is 16.7 Å². The molecule has 1 heterocycles. The van der Waals surface area contributed by atoms with Gasteiger partial charge < -0.3 is 10.4 Å². The second-order valence-electron chi connectivity index (χ2n) is 4.11. The Morgan fingerprint density at radius 1 is 1.25 bits per heavy atom. The number of carbonyl (C=O) groups is 2. The average Bonchev–Trinajstić information content (AvgIpc) is 2.41. The van der Waals surface area contributed by atoms with Gasteiger partial charge in [-0.05, 0) is 24.6 Å². The number of pyridine rings is 1. The van der Waals surface area contributed by atoms with Crippen molar-refractivity contribution in [1.29, 1.82) is 0 Å². The van der Waals surface area contributed by atoms with Crippen molar-refractivity contribution in [3.05, 3.63) is 58.4 Å². The van der Waals surface area contributed by atoms with Crippen LogP contribution in [0.4, 0.5) is 5.69 Å². The normalized spacial score (nSPS) is 10.1. The number of carbonyl (C=O) groups excluding carboxylic acids is 1. The molecule has 0 saturated heterocycles. The Labute approximate surface area is 120 Å². The van der Waals surface area contributed by atoms with Crippen LogP contribution in [0.2, 0.25) is 5.02 Å². The van der Waals surface area contributed by atoms with Gasteiger partial charge in [0.15, 0.2) is 0 Å². The third-order valence-electron chi connectivity index (χ3n) is 2.75. The minimum absolute atomic E-state index is 0.0263. The second-order valence-corrected chi connectivity index (χ2v) is 4.52. The number of carboxylic acid groups (broad SMARTS) is 1. The molecule has 0 unspecified atom stereocenters. The molecule has 0 bridgehead atoms. The molecule has 2 rings (SSSR count). The van der Waals surface area contributed by atoms with Crippen LogP contribution < -0.4 is 5.32 Å². The number of nitrogens with zero attached hydrogens (tertiary/aromatic N) is 1. The van der Waals surface area contributed by atoms with Gasteiger partial charge in [-0.2, -0.15) is 0 Å². The Morgan fingerprint density at radius 3 is 2.65 bits per heavy atom. The Morgan fingerprint density at radius 2 is 2.00 bits per heavy atom. The van der Waals surface area contributed by atoms with Crippen LogP contribution in [0, 0.1) is 6.92 Å². The summed E-state index contributed by atoms with van der Waals surface area (Å²) in [6, 6.07) is 6.25. The summed E-state index contributed by atoms with van der Waals surface area (Å²) in [5, 5.41) is 12.0. The molecule has 1 aromatic carbocycles. The zero-order chi connectivity index (χ0) is 14.7. The largest absolute Gasteiger partial charge is 0.478 e. The number of hydrogen-bond acceptors (Lipinski definition) is 3. The topological polar surface area (TPSA) is 79.3 Å². The fraction of sp³-hybridized carbons (Fsp3) is 0.0714. The summed E-state index contributed by atoms with van der Waals surface area (Å²) in [4.78, 5) is 27.1. The first kappa shape index (κ1) is 14.0. The lowest BCUT2D eigenvalue weighted by Crippen LogP contribution is -2.16. The number of carboxylic acids is 1. The van der Waals surface area contributed by atoms with E-state index < -0.39 is 11.9 Å². The van der Waals surface area contributed by atoms with Crippen LogP contribution in [0.3, 0.4) is 0 Å². The molecule has 6 heteroatoms. The summed E-state index contributed by atoms with van der Waals surface area (Å²) in [6.45, 7) is 1.72. The number of nitrogens with one attached hydrogen (secondary N) is 1. The van der Waals surface area contributed by atoms with Crippen LogP contribution in [0.5, 0.6) is 0 Å². The molecule has 2 aromatic rings. The maximum absolute atomic E-state index is 12.1. The van der Waals surface area contributed by atoms with Crippen molar-refractivity contribution in [2.45, 2.75) is 6.92 Å². The number of aromatic nitrogens is 1. The van der Waals surface area contributed by atoms with Gasteiger partial charge in [-0.25, -0.2) is 4.79 Å². The molecule has 0 aliphatic heterocycles. The number of aryl methyl sites for hydroxylation is 1. The van der Waals surface area contributed by atoms with E-state index in [0.29, 0.717) is 5.56 Å². The number of benzene rings is 1. The van der Waals surface area contributed by atoms with Crippen LogP contribution in [0.15, 0.2) is 36.7 Å². The third-order valence-corrected chi connectivity index (χ3v) is 3.08. The highest BCUT2D eigenvalue weighted by molar-refractivity contribution is 6.34. The summed E-state index contributed by atoms with van der Waals surface area (Å²) in [5.41, 5.74) is 1.12. The number of amides is 1. The van der Waals surface area contributed by atoms with Crippen LogP contribution in [0.25, 0.3) is 0 Å². The molecular weight excluding hydrogens is 280 g/mol. The first-order valence-electron chi connectivity index (χ1n) is 5.74. The number of hydrogen-bond donors (Lipinski definition) is 2. The van der Waals surface area contributed by atoms with Gasteiger partial charge in [-0.3, -0.25) is 9.78 Å². The maximum Gasteiger partial charge on any atom is 0.337 e. The van der Waals surface area contributed by atoms with Crippen LogP contribution in [-0.4, -0.2) is 22.0 Å². The van der Waals surface area contributed by atoms with Gasteiger partial charge >= 0.3 is 5.97 Å². The monoisotopic (exact) mass is 290 g/mol. The standard InChI is InChI=1S/C14H11ClN2O3/c1-8-3-2-4-9(14(19)20)12(8)17-13(18)10-7-16-6-5-11(10)15/h2-7H,1H3,(H,17,18)(H,19,20). The Balaban J connectivity index is 2.38. The van der Waals surface area contributed by atoms with Crippen molar-refractivity contribution in [2.75, 3.05) is 5.32 Å². The van der Waals surface area contributed by atoms with Crippen molar-refractivity contribution >= 4 is 29.2 Å². The number of para-hydroxylation sites is 1. The number of rotatable bonds is 3. The van der Waals surface area contributed by atoms with Crippen molar-refractivity contribution < 1.29 is 14.7 Å². The van der Waals surface area contributed by atoms with Gasteiger partial charge in [0, 0.05) is 12.4 Å². The summed E-state index contributed by atoms with van der Waals surface area (Å²) >= 11 is 5.91. The lowest BCUT2D eigenvalue weighted by molar-refractivity contribution is 0.0698. The van der Waals surface area contributed by atoms with Crippen molar-refractivity contribution in [2.24, 2.45) is 0 Å². The van der Waals surface area contributed by atoms with E-state index in [1.54, 1.807) is 19.1 Å². The molecule has 0 saturated carbocycles. The van der Waals surface area contributed by atoms with Gasteiger partial charge in [0.05, 0.1) is 21.8 Å². The quantitative estimate of drug-likeness (QED) is 0.911. The lowest BCUT2D eigenvalue weighted by atomic mass is 10.1. The van der Waals surface area contributed by atoms with E-state index >= 15 is 0 Å². The van der Waals surface area contributed by atoms with Gasteiger partial charge in [0.2, 0.25) is 0 Å². The fourth-order valence-electron chi connectivity index (χ4n) is 1.74. The highest BCUT2D eigenvalue weighted by Crippen LogP contribution is 2.22. The molecule has 0 aliphatic rings. The Hall–Kier alpha value is -2.40. The zero-order valence-corrected chi connectivity index (χ0v) is 11.3. The second kappa shape index (κ2) is 5.71. The van der Waals surface area contributed by atoms with E-state index in [9.17, 15) is 9.59 Å². The van der Waals surface area contributed by atoms with Gasteiger partial charge in [-0.1, -0.05) is 23.7 Å². The first-order chi connectivity index (χ1) is 9.50. The van der Waals surface area contributed by atoms with E-state index in [-0.39, 0.29) is 21.8 Å². The molecule has 0 spiro atoms. The molecule has 0 radical (unpaired) electrons. The number of halogens is 1. The smallest absolute Gasteiger partial charge is 0.337 e. The fourth-order valence-corrected chi connectivity index (χ4v) is 1.93. The SMILES string of the molecule is Cc1cccc(C(=O)O)c1NC(=O)c1cnccc1Cl. The zero-order valence-electron chi connectivity index (χ0n) is 10.6. The summed E-state index contributed by atoms with van der Waals surface area (Å²) < 4.78 is 0. The Kier molecular flexibility index (Phi) is 4.00. The molecule has 20 heavy (non-hydrogen) atoms. The van der Waals surface area contributed by atoms with Gasteiger partial charge in [0.25, 0.3) is 5.91 Å². The van der Waals surface area contributed by atoms with Crippen molar-refractivity contribution in [3.63, 3.8) is 0 Å². The molecule has 102 valence electrons. The predicted molar refractivity (Wildman–Crippen MR) is 75.3 cm³/mol. The maximum atomic E-state index is 12.1. The van der Waals surface area contributed by atoms with Crippen LogP contribution >= 0.6 is 11.6 Å². The first-order valence-corrected chi connectivity index (χ1v) is 6.12. The highest BCUT2D eigenvalue weighted by Gasteiger charge is 2.17. The number of aromatic carboxylic acids is 1. The summed E-state index contributed by atoms with van der Waals surface area (Å²) in [6.07, 6.45) is 2.80. The molecule has 1 aromatic heterocycles. The van der Waals surface area contributed by atoms with E-state index in [1.165, 1.54) is 24.5 Å². The third kappa shape index (κ3) is 2.78. The summed E-state index contributed by atoms with van der Waals surface area (Å²) in [7, 11) is 0. The molecule has 0 aliphatic carbocycles. The highest BCUT2D eigenvalue weighted by atomic mass is 35.5. The van der Waals surface area contributed by atoms with Crippen molar-refractivity contribution in [3.8, 4) is 0 Å². The minimum Gasteiger partial charge on any atom is -0.478 e. The van der Waals surface area contributed by atoms with Crippen molar-refractivity contribution in [1.82, 2.24) is 4.98 Å². The number of anilines is 1. The van der Waals surface area contributed by atoms with E-state index in [2.05, 4.69) is 10.3 Å². The van der Waals surface area contributed by atoms with E-state index in [0.717, 1.165) is 0 Å². The predicted octanol–water partition coefficient (Wildman–Crippen LogP) is 2.99. The molecular formula is C14H11ClN2O3. The molecule has 0 atom stereocenters. The Bertz CT molecular complexity index is 686. The molecule has 2 N–H and O–H groups in total. The molecule has 1 amide bonds. The van der Waals surface area contributed by atoms with Gasteiger partial charge in [-0.15, -0.1) is 0 Å². The minimum atomic E-state index is -1.11. The van der Waals surface area contributed by atoms with Crippen LogP contribution in [-0.2, 0) is 0 Å². The summed E-state index contributed by atoms with van der Waals surface area (Å²) in [5.74, 6) is -1.61. The molecule has 5 nitrogen and oxygen atoms in total.